The van der Waals surface area contributed by atoms with E-state index in [1.165, 1.54) is 24.1 Å². The van der Waals surface area contributed by atoms with E-state index in [0.717, 1.165) is 25.3 Å². The van der Waals surface area contributed by atoms with Gasteiger partial charge in [0.25, 0.3) is 0 Å². The minimum atomic E-state index is 0.0920. The molecule has 2 rings (SSSR count). The summed E-state index contributed by atoms with van der Waals surface area (Å²) >= 11 is 0. The van der Waals surface area contributed by atoms with Crippen LogP contribution in [0, 0.1) is 18.3 Å². The highest BCUT2D eigenvalue weighted by Gasteiger charge is 2.35. The SMILES string of the molecule is Cc1ccccc1N(C)CC1(CO)CCCC(C)C1. The molecule has 1 aromatic carbocycles. The van der Waals surface area contributed by atoms with Gasteiger partial charge in [-0.05, 0) is 37.3 Å². The molecule has 0 spiro atoms. The zero-order valence-electron chi connectivity index (χ0n) is 12.5. The zero-order valence-corrected chi connectivity index (χ0v) is 12.5. The van der Waals surface area contributed by atoms with E-state index in [2.05, 4.69) is 50.1 Å². The van der Waals surface area contributed by atoms with Crippen LogP contribution in [0.5, 0.6) is 0 Å². The van der Waals surface area contributed by atoms with Gasteiger partial charge in [-0.15, -0.1) is 0 Å². The van der Waals surface area contributed by atoms with E-state index in [1.807, 2.05) is 0 Å². The Bertz CT molecular complexity index is 417. The minimum absolute atomic E-state index is 0.0920. The summed E-state index contributed by atoms with van der Waals surface area (Å²) in [6.07, 6.45) is 4.88. The number of anilines is 1. The fourth-order valence-corrected chi connectivity index (χ4v) is 3.69. The Hall–Kier alpha value is -1.02. The van der Waals surface area contributed by atoms with Crippen LogP contribution in [0.3, 0.4) is 0 Å². The van der Waals surface area contributed by atoms with E-state index in [-0.39, 0.29) is 5.41 Å². The van der Waals surface area contributed by atoms with Crippen molar-refractivity contribution in [3.8, 4) is 0 Å². The second kappa shape index (κ2) is 5.96. The fraction of sp³-hybridized carbons (Fsp3) is 0.647. The lowest BCUT2D eigenvalue weighted by molar-refractivity contribution is 0.0675. The molecule has 2 heteroatoms. The predicted molar refractivity (Wildman–Crippen MR) is 81.6 cm³/mol. The molecule has 1 N–H and O–H groups in total. The van der Waals surface area contributed by atoms with Gasteiger partial charge in [0, 0.05) is 24.7 Å². The van der Waals surface area contributed by atoms with Crippen molar-refractivity contribution in [2.45, 2.75) is 39.5 Å². The van der Waals surface area contributed by atoms with E-state index in [9.17, 15) is 5.11 Å². The van der Waals surface area contributed by atoms with E-state index < -0.39 is 0 Å². The van der Waals surface area contributed by atoms with Crippen LogP contribution in [0.2, 0.25) is 0 Å². The molecule has 0 amide bonds. The molecular weight excluding hydrogens is 234 g/mol. The molecule has 2 atom stereocenters. The molecular formula is C17H27NO. The van der Waals surface area contributed by atoms with Crippen molar-refractivity contribution in [2.75, 3.05) is 25.1 Å². The molecule has 0 heterocycles. The summed E-state index contributed by atoms with van der Waals surface area (Å²) in [7, 11) is 2.15. The van der Waals surface area contributed by atoms with E-state index in [0.29, 0.717) is 6.61 Å². The zero-order chi connectivity index (χ0) is 13.9. The Morgan fingerprint density at radius 3 is 2.74 bits per heavy atom. The number of aliphatic hydroxyl groups excluding tert-OH is 1. The van der Waals surface area contributed by atoms with Gasteiger partial charge in [0.2, 0.25) is 0 Å². The third kappa shape index (κ3) is 3.30. The van der Waals surface area contributed by atoms with Gasteiger partial charge < -0.3 is 10.0 Å². The van der Waals surface area contributed by atoms with Gasteiger partial charge in [0.05, 0.1) is 6.61 Å². The predicted octanol–water partition coefficient (Wildman–Crippen LogP) is 3.62. The Kier molecular flexibility index (Phi) is 4.51. The number of hydrogen-bond acceptors (Lipinski definition) is 2. The molecule has 0 saturated heterocycles. The summed E-state index contributed by atoms with van der Waals surface area (Å²) in [6.45, 7) is 5.74. The van der Waals surface area contributed by atoms with Gasteiger partial charge in [-0.25, -0.2) is 0 Å². The number of hydrogen-bond donors (Lipinski definition) is 1. The Morgan fingerprint density at radius 1 is 1.37 bits per heavy atom. The number of benzene rings is 1. The molecule has 1 saturated carbocycles. The van der Waals surface area contributed by atoms with Crippen LogP contribution < -0.4 is 4.90 Å². The van der Waals surface area contributed by atoms with Gasteiger partial charge in [-0.2, -0.15) is 0 Å². The third-order valence-corrected chi connectivity index (χ3v) is 4.62. The molecule has 0 radical (unpaired) electrons. The van der Waals surface area contributed by atoms with Crippen molar-refractivity contribution >= 4 is 5.69 Å². The number of rotatable bonds is 4. The summed E-state index contributed by atoms with van der Waals surface area (Å²) < 4.78 is 0. The molecule has 1 aromatic rings. The highest BCUT2D eigenvalue weighted by Crippen LogP contribution is 2.40. The van der Waals surface area contributed by atoms with Gasteiger partial charge in [0.15, 0.2) is 0 Å². The van der Waals surface area contributed by atoms with Crippen molar-refractivity contribution < 1.29 is 5.11 Å². The van der Waals surface area contributed by atoms with Crippen LogP contribution in [0.1, 0.15) is 38.2 Å². The van der Waals surface area contributed by atoms with E-state index in [1.54, 1.807) is 0 Å². The highest BCUT2D eigenvalue weighted by atomic mass is 16.3. The molecule has 106 valence electrons. The van der Waals surface area contributed by atoms with Crippen LogP contribution in [-0.4, -0.2) is 25.3 Å². The van der Waals surface area contributed by atoms with Crippen LogP contribution in [0.25, 0.3) is 0 Å². The standard InChI is InChI=1S/C17H27NO/c1-14-7-6-10-17(11-14,13-19)12-18(3)16-9-5-4-8-15(16)2/h4-5,8-9,14,19H,6-7,10-13H2,1-3H3. The number of nitrogens with zero attached hydrogens (tertiary/aromatic N) is 1. The molecule has 2 nitrogen and oxygen atoms in total. The van der Waals surface area contributed by atoms with Gasteiger partial charge in [0.1, 0.15) is 0 Å². The molecule has 19 heavy (non-hydrogen) atoms. The lowest BCUT2D eigenvalue weighted by Gasteiger charge is -2.42. The first-order valence-electron chi connectivity index (χ1n) is 7.44. The third-order valence-electron chi connectivity index (χ3n) is 4.62. The maximum atomic E-state index is 9.90. The first-order valence-corrected chi connectivity index (χ1v) is 7.44. The molecule has 0 bridgehead atoms. The highest BCUT2D eigenvalue weighted by molar-refractivity contribution is 5.52. The lowest BCUT2D eigenvalue weighted by atomic mass is 9.70. The van der Waals surface area contributed by atoms with Gasteiger partial charge in [-0.3, -0.25) is 0 Å². The summed E-state index contributed by atoms with van der Waals surface area (Å²) in [5.41, 5.74) is 2.69. The van der Waals surface area contributed by atoms with Crippen molar-refractivity contribution in [2.24, 2.45) is 11.3 Å². The molecule has 1 aliphatic carbocycles. The van der Waals surface area contributed by atoms with Gasteiger partial charge >= 0.3 is 0 Å². The second-order valence-corrected chi connectivity index (χ2v) is 6.50. The first kappa shape index (κ1) is 14.4. The Morgan fingerprint density at radius 2 is 2.11 bits per heavy atom. The average Bonchev–Trinajstić information content (AvgIpc) is 2.39. The van der Waals surface area contributed by atoms with Crippen LogP contribution in [0.4, 0.5) is 5.69 Å². The maximum absolute atomic E-state index is 9.90. The molecule has 1 aliphatic rings. The molecule has 0 aromatic heterocycles. The average molecular weight is 261 g/mol. The Labute approximate surface area is 117 Å². The number of para-hydroxylation sites is 1. The molecule has 1 fully saturated rings. The van der Waals surface area contributed by atoms with Crippen LogP contribution >= 0.6 is 0 Å². The van der Waals surface area contributed by atoms with Crippen LogP contribution in [-0.2, 0) is 0 Å². The summed E-state index contributed by atoms with van der Waals surface area (Å²) in [5, 5.41) is 9.90. The van der Waals surface area contributed by atoms with E-state index in [4.69, 9.17) is 0 Å². The monoisotopic (exact) mass is 261 g/mol. The Balaban J connectivity index is 2.12. The van der Waals surface area contributed by atoms with Crippen molar-refractivity contribution in [1.82, 2.24) is 0 Å². The molecule has 2 unspecified atom stereocenters. The second-order valence-electron chi connectivity index (χ2n) is 6.50. The van der Waals surface area contributed by atoms with Crippen molar-refractivity contribution in [1.29, 1.82) is 0 Å². The normalized spacial score (nSPS) is 27.3. The smallest absolute Gasteiger partial charge is 0.0504 e. The largest absolute Gasteiger partial charge is 0.396 e. The number of aryl methyl sites for hydroxylation is 1. The number of aliphatic hydroxyl groups is 1. The minimum Gasteiger partial charge on any atom is -0.396 e. The van der Waals surface area contributed by atoms with Crippen molar-refractivity contribution in [3.63, 3.8) is 0 Å². The summed E-state index contributed by atoms with van der Waals surface area (Å²) in [5.74, 6) is 0.742. The lowest BCUT2D eigenvalue weighted by Crippen LogP contribution is -2.42. The van der Waals surface area contributed by atoms with Crippen LogP contribution in [0.15, 0.2) is 24.3 Å². The molecule has 0 aliphatic heterocycles. The van der Waals surface area contributed by atoms with Gasteiger partial charge in [-0.1, -0.05) is 38.0 Å². The quantitative estimate of drug-likeness (QED) is 0.895. The summed E-state index contributed by atoms with van der Waals surface area (Å²) in [6, 6.07) is 8.50. The topological polar surface area (TPSA) is 23.5 Å². The first-order chi connectivity index (χ1) is 9.06. The fourth-order valence-electron chi connectivity index (χ4n) is 3.69. The summed E-state index contributed by atoms with van der Waals surface area (Å²) in [4.78, 5) is 2.32. The van der Waals surface area contributed by atoms with E-state index >= 15 is 0 Å². The van der Waals surface area contributed by atoms with Crippen molar-refractivity contribution in [3.05, 3.63) is 29.8 Å². The maximum Gasteiger partial charge on any atom is 0.0504 e.